The molecule has 17 heavy (non-hydrogen) atoms. The molecule has 0 radical (unpaired) electrons. The third-order valence-electron chi connectivity index (χ3n) is 4.97. The molecule has 0 spiro atoms. The first-order valence-electron chi connectivity index (χ1n) is 7.59. The van der Waals surface area contributed by atoms with E-state index in [1.165, 1.54) is 23.7 Å². The van der Waals surface area contributed by atoms with Gasteiger partial charge in [-0.1, -0.05) is 6.92 Å². The number of hydrogen-bond acceptors (Lipinski definition) is 2. The molecule has 4 aliphatic carbocycles. The summed E-state index contributed by atoms with van der Waals surface area (Å²) in [4.78, 5) is 0. The van der Waals surface area contributed by atoms with E-state index in [2.05, 4.69) is 0 Å². The normalized spacial score (nSPS) is 39.7. The van der Waals surface area contributed by atoms with Gasteiger partial charge in [0.05, 0.1) is 6.10 Å². The Bertz CT molecular complexity index is 172. The van der Waals surface area contributed by atoms with Crippen LogP contribution in [-0.2, 0) is 0 Å². The molecule has 0 aromatic rings. The van der Waals surface area contributed by atoms with Crippen molar-refractivity contribution < 1.29 is 5.11 Å². The fourth-order valence-corrected chi connectivity index (χ4v) is 4.38. The molecular weight excluding hydrogens is 210 g/mol. The minimum atomic E-state index is -0.176. The van der Waals surface area contributed by atoms with Crippen molar-refractivity contribution in [2.75, 3.05) is 6.54 Å². The summed E-state index contributed by atoms with van der Waals surface area (Å²) >= 11 is 0. The zero-order chi connectivity index (χ0) is 12.3. The second-order valence-corrected chi connectivity index (χ2v) is 6.52. The molecule has 4 bridgehead atoms. The molecule has 4 fully saturated rings. The zero-order valence-corrected chi connectivity index (χ0v) is 11.3. The number of rotatable bonds is 3. The van der Waals surface area contributed by atoms with Crippen molar-refractivity contribution in [1.82, 2.24) is 0 Å². The molecule has 0 saturated heterocycles. The van der Waals surface area contributed by atoms with Gasteiger partial charge in [0.15, 0.2) is 0 Å². The first kappa shape index (κ1) is 13.4. The van der Waals surface area contributed by atoms with Gasteiger partial charge in [-0.2, -0.15) is 0 Å². The van der Waals surface area contributed by atoms with Crippen molar-refractivity contribution in [2.24, 2.45) is 29.4 Å². The van der Waals surface area contributed by atoms with Crippen molar-refractivity contribution in [3.05, 3.63) is 0 Å². The molecule has 0 heterocycles. The minimum absolute atomic E-state index is 0.176. The SMILES string of the molecule is C1C2CC3CC1CC(C2)C3.CCC(O)CCN. The van der Waals surface area contributed by atoms with E-state index in [0.717, 1.165) is 12.8 Å². The number of aliphatic hydroxyl groups is 1. The van der Waals surface area contributed by atoms with Crippen LogP contribution in [0.15, 0.2) is 0 Å². The Kier molecular flexibility index (Phi) is 4.87. The molecule has 0 aromatic carbocycles. The van der Waals surface area contributed by atoms with E-state index < -0.39 is 0 Å². The third kappa shape index (κ3) is 3.69. The Balaban J connectivity index is 0.000000139. The van der Waals surface area contributed by atoms with E-state index in [0.29, 0.717) is 6.54 Å². The molecule has 4 saturated carbocycles. The predicted molar refractivity (Wildman–Crippen MR) is 71.6 cm³/mol. The van der Waals surface area contributed by atoms with Gasteiger partial charge in [-0.3, -0.25) is 0 Å². The molecule has 4 rings (SSSR count). The lowest BCUT2D eigenvalue weighted by Crippen LogP contribution is -2.38. The fraction of sp³-hybridized carbons (Fsp3) is 1.00. The van der Waals surface area contributed by atoms with Crippen LogP contribution < -0.4 is 5.73 Å². The van der Waals surface area contributed by atoms with Crippen LogP contribution in [0, 0.1) is 23.7 Å². The van der Waals surface area contributed by atoms with Gasteiger partial charge in [-0.05, 0) is 81.6 Å². The molecular formula is C15H29NO. The van der Waals surface area contributed by atoms with Gasteiger partial charge in [0.25, 0.3) is 0 Å². The summed E-state index contributed by atoms with van der Waals surface area (Å²) in [5, 5.41) is 8.78. The molecule has 1 atom stereocenters. The quantitative estimate of drug-likeness (QED) is 0.795. The van der Waals surface area contributed by atoms with E-state index in [4.69, 9.17) is 10.8 Å². The van der Waals surface area contributed by atoms with Gasteiger partial charge in [0, 0.05) is 0 Å². The Morgan fingerprint density at radius 3 is 1.47 bits per heavy atom. The van der Waals surface area contributed by atoms with Crippen molar-refractivity contribution in [3.8, 4) is 0 Å². The summed E-state index contributed by atoms with van der Waals surface area (Å²) in [6, 6.07) is 0. The van der Waals surface area contributed by atoms with E-state index >= 15 is 0 Å². The summed E-state index contributed by atoms with van der Waals surface area (Å²) in [7, 11) is 0. The number of aliphatic hydroxyl groups excluding tert-OH is 1. The van der Waals surface area contributed by atoms with Gasteiger partial charge >= 0.3 is 0 Å². The van der Waals surface area contributed by atoms with Crippen molar-refractivity contribution in [1.29, 1.82) is 0 Å². The average molecular weight is 239 g/mol. The van der Waals surface area contributed by atoms with Crippen molar-refractivity contribution in [3.63, 3.8) is 0 Å². The van der Waals surface area contributed by atoms with E-state index in [-0.39, 0.29) is 6.10 Å². The lowest BCUT2D eigenvalue weighted by Gasteiger charge is -2.49. The second kappa shape index (κ2) is 6.19. The summed E-state index contributed by atoms with van der Waals surface area (Å²) in [5.74, 6) is 4.71. The molecule has 2 nitrogen and oxygen atoms in total. The van der Waals surface area contributed by atoms with Crippen LogP contribution in [0.4, 0.5) is 0 Å². The summed E-state index contributed by atoms with van der Waals surface area (Å²) in [6.07, 6.45) is 11.0. The topological polar surface area (TPSA) is 46.2 Å². The Morgan fingerprint density at radius 1 is 0.941 bits per heavy atom. The summed E-state index contributed by atoms with van der Waals surface area (Å²) < 4.78 is 0. The van der Waals surface area contributed by atoms with Gasteiger partial charge < -0.3 is 10.8 Å². The fourth-order valence-electron chi connectivity index (χ4n) is 4.38. The molecule has 0 amide bonds. The standard InChI is InChI=1S/C10H16.C5H13NO/c1-7-2-9-4-8(1)5-10(3-7)6-9;1-2-5(7)3-4-6/h7-10H,1-6H2;5,7H,2-4,6H2,1H3. The molecule has 0 aromatic heterocycles. The number of hydrogen-bond donors (Lipinski definition) is 2. The van der Waals surface area contributed by atoms with Gasteiger partial charge in [0.2, 0.25) is 0 Å². The highest BCUT2D eigenvalue weighted by Crippen LogP contribution is 2.53. The molecule has 2 heteroatoms. The highest BCUT2D eigenvalue weighted by atomic mass is 16.3. The molecule has 100 valence electrons. The maximum atomic E-state index is 8.78. The van der Waals surface area contributed by atoms with Crippen LogP contribution in [0.1, 0.15) is 58.3 Å². The highest BCUT2D eigenvalue weighted by Gasteiger charge is 2.41. The van der Waals surface area contributed by atoms with Crippen LogP contribution in [0.25, 0.3) is 0 Å². The molecule has 1 unspecified atom stereocenters. The van der Waals surface area contributed by atoms with E-state index in [1.807, 2.05) is 6.92 Å². The van der Waals surface area contributed by atoms with Crippen molar-refractivity contribution in [2.45, 2.75) is 64.4 Å². The summed E-state index contributed by atoms with van der Waals surface area (Å²) in [6.45, 7) is 2.54. The maximum Gasteiger partial charge on any atom is 0.0549 e. The first-order valence-corrected chi connectivity index (χ1v) is 7.59. The van der Waals surface area contributed by atoms with E-state index in [9.17, 15) is 0 Å². The van der Waals surface area contributed by atoms with Gasteiger partial charge in [-0.25, -0.2) is 0 Å². The van der Waals surface area contributed by atoms with Gasteiger partial charge in [0.1, 0.15) is 0 Å². The van der Waals surface area contributed by atoms with Crippen LogP contribution in [0.5, 0.6) is 0 Å². The minimum Gasteiger partial charge on any atom is -0.393 e. The van der Waals surface area contributed by atoms with Crippen molar-refractivity contribution >= 4 is 0 Å². The first-order chi connectivity index (χ1) is 8.21. The molecule has 0 aliphatic heterocycles. The van der Waals surface area contributed by atoms with Crippen LogP contribution >= 0.6 is 0 Å². The second-order valence-electron chi connectivity index (χ2n) is 6.52. The smallest absolute Gasteiger partial charge is 0.0549 e. The van der Waals surface area contributed by atoms with Crippen LogP contribution in [-0.4, -0.2) is 17.8 Å². The monoisotopic (exact) mass is 239 g/mol. The third-order valence-corrected chi connectivity index (χ3v) is 4.97. The largest absolute Gasteiger partial charge is 0.393 e. The van der Waals surface area contributed by atoms with Crippen LogP contribution in [0.3, 0.4) is 0 Å². The molecule has 4 aliphatic rings. The maximum absolute atomic E-state index is 8.78. The summed E-state index contributed by atoms with van der Waals surface area (Å²) in [5.41, 5.74) is 5.14. The molecule has 3 N–H and O–H groups in total. The lowest BCUT2D eigenvalue weighted by molar-refractivity contribution is 0.0198. The Morgan fingerprint density at radius 2 is 1.29 bits per heavy atom. The average Bonchev–Trinajstić information content (AvgIpc) is 2.28. The van der Waals surface area contributed by atoms with Crippen LogP contribution in [0.2, 0.25) is 0 Å². The Hall–Kier alpha value is -0.0800. The lowest BCUT2D eigenvalue weighted by atomic mass is 9.56. The predicted octanol–water partition coefficient (Wildman–Crippen LogP) is 2.94. The van der Waals surface area contributed by atoms with Gasteiger partial charge in [-0.15, -0.1) is 0 Å². The zero-order valence-electron chi connectivity index (χ0n) is 11.3. The Labute approximate surface area is 106 Å². The van der Waals surface area contributed by atoms with E-state index in [1.54, 1.807) is 38.5 Å². The number of nitrogens with two attached hydrogens (primary N) is 1. The highest BCUT2D eigenvalue weighted by molar-refractivity contribution is 4.92.